The standard InChI is InChI=1S/C18H17F6N5O2/c19-10-7-27(8-11(10)20)16(30)12-2-1-3-13-26-28(17(31)29(12)13)6-9-4-5-25-15(14(9)21)18(22,23)24/h4-5,10-12H,1-3,6-8H2. The van der Waals surface area contributed by atoms with Gasteiger partial charge in [0.15, 0.2) is 23.9 Å². The molecule has 31 heavy (non-hydrogen) atoms. The van der Waals surface area contributed by atoms with Crippen LogP contribution in [0.1, 0.15) is 36.0 Å². The Morgan fingerprint density at radius 1 is 1.19 bits per heavy atom. The monoisotopic (exact) mass is 449 g/mol. The highest BCUT2D eigenvalue weighted by Crippen LogP contribution is 2.31. The van der Waals surface area contributed by atoms with Gasteiger partial charge in [-0.15, -0.1) is 0 Å². The molecule has 2 aliphatic rings. The molecule has 3 unspecified atom stereocenters. The SMILES string of the molecule is O=C(C1CCCc2nn(Cc3ccnc(C(F)(F)F)c3F)c(=O)n21)N1CC(F)C(F)C1. The van der Waals surface area contributed by atoms with Gasteiger partial charge < -0.3 is 4.90 Å². The molecule has 0 aliphatic carbocycles. The van der Waals surface area contributed by atoms with Crippen molar-refractivity contribution in [2.24, 2.45) is 0 Å². The van der Waals surface area contributed by atoms with Crippen LogP contribution >= 0.6 is 0 Å². The Bertz CT molecular complexity index is 1050. The Kier molecular flexibility index (Phi) is 5.30. The van der Waals surface area contributed by atoms with Gasteiger partial charge in [-0.2, -0.15) is 18.3 Å². The second-order valence-corrected chi connectivity index (χ2v) is 7.54. The van der Waals surface area contributed by atoms with Crippen LogP contribution in [-0.4, -0.2) is 55.6 Å². The number of rotatable bonds is 3. The maximum Gasteiger partial charge on any atom is 0.436 e. The van der Waals surface area contributed by atoms with E-state index < -0.39 is 72.9 Å². The maximum atomic E-state index is 14.3. The molecular weight excluding hydrogens is 432 g/mol. The smallest absolute Gasteiger partial charge is 0.335 e. The lowest BCUT2D eigenvalue weighted by molar-refractivity contribution is -0.143. The normalized spacial score (nSPS) is 23.8. The number of alkyl halides is 5. The van der Waals surface area contributed by atoms with E-state index in [1.807, 2.05) is 0 Å². The number of nitrogens with zero attached hydrogens (tertiary/aromatic N) is 5. The van der Waals surface area contributed by atoms with E-state index in [0.29, 0.717) is 12.8 Å². The summed E-state index contributed by atoms with van der Waals surface area (Å²) in [4.78, 5) is 29.7. The minimum Gasteiger partial charge on any atom is -0.335 e. The van der Waals surface area contributed by atoms with Crippen molar-refractivity contribution in [3.05, 3.63) is 45.6 Å². The zero-order valence-corrected chi connectivity index (χ0v) is 15.9. The molecule has 3 atom stereocenters. The zero-order valence-electron chi connectivity index (χ0n) is 15.9. The number of pyridine rings is 1. The Hall–Kier alpha value is -2.86. The number of amides is 1. The summed E-state index contributed by atoms with van der Waals surface area (Å²) in [6.07, 6.45) is -6.80. The Labute approximate surface area is 171 Å². The minimum absolute atomic E-state index is 0.202. The molecule has 4 heterocycles. The van der Waals surface area contributed by atoms with Gasteiger partial charge in [0.1, 0.15) is 11.9 Å². The second-order valence-electron chi connectivity index (χ2n) is 7.54. The highest BCUT2D eigenvalue weighted by Gasteiger charge is 2.41. The molecule has 0 N–H and O–H groups in total. The Balaban J connectivity index is 1.64. The van der Waals surface area contributed by atoms with E-state index in [2.05, 4.69) is 10.1 Å². The van der Waals surface area contributed by atoms with E-state index in [9.17, 15) is 35.9 Å². The third-order valence-electron chi connectivity index (χ3n) is 5.47. The third kappa shape index (κ3) is 3.81. The fourth-order valence-electron chi connectivity index (χ4n) is 3.95. The van der Waals surface area contributed by atoms with Gasteiger partial charge in [0, 0.05) is 18.2 Å². The molecule has 0 spiro atoms. The summed E-state index contributed by atoms with van der Waals surface area (Å²) in [7, 11) is 0. The van der Waals surface area contributed by atoms with E-state index in [1.54, 1.807) is 0 Å². The summed E-state index contributed by atoms with van der Waals surface area (Å²) in [5.41, 5.74) is -2.96. The summed E-state index contributed by atoms with van der Waals surface area (Å²) in [6, 6.07) is -0.0270. The van der Waals surface area contributed by atoms with Crippen LogP contribution in [0.25, 0.3) is 0 Å². The lowest BCUT2D eigenvalue weighted by atomic mass is 10.0. The predicted octanol–water partition coefficient (Wildman–Crippen LogP) is 2.04. The number of hydrogen-bond acceptors (Lipinski definition) is 4. The number of hydrogen-bond donors (Lipinski definition) is 0. The molecule has 4 rings (SSSR count). The van der Waals surface area contributed by atoms with Crippen molar-refractivity contribution < 1.29 is 31.1 Å². The summed E-state index contributed by atoms with van der Waals surface area (Å²) in [5, 5.41) is 4.05. The molecular formula is C18H17F6N5O2. The highest BCUT2D eigenvalue weighted by molar-refractivity contribution is 5.81. The summed E-state index contributed by atoms with van der Waals surface area (Å²) in [5.74, 6) is -2.03. The van der Waals surface area contributed by atoms with Gasteiger partial charge in [-0.3, -0.25) is 9.36 Å². The summed E-state index contributed by atoms with van der Waals surface area (Å²) < 4.78 is 81.8. The molecule has 2 aromatic heterocycles. The van der Waals surface area contributed by atoms with Crippen molar-refractivity contribution in [2.75, 3.05) is 13.1 Å². The summed E-state index contributed by atoms with van der Waals surface area (Å²) >= 11 is 0. The van der Waals surface area contributed by atoms with E-state index in [-0.39, 0.29) is 12.2 Å². The van der Waals surface area contributed by atoms with Gasteiger partial charge in [0.25, 0.3) is 0 Å². The van der Waals surface area contributed by atoms with E-state index in [1.165, 1.54) is 0 Å². The molecule has 0 bridgehead atoms. The van der Waals surface area contributed by atoms with Crippen molar-refractivity contribution in [1.29, 1.82) is 0 Å². The maximum absolute atomic E-state index is 14.3. The van der Waals surface area contributed by atoms with Crippen LogP contribution in [0.2, 0.25) is 0 Å². The molecule has 7 nitrogen and oxygen atoms in total. The van der Waals surface area contributed by atoms with Crippen LogP contribution < -0.4 is 5.69 Å². The zero-order chi connectivity index (χ0) is 22.5. The number of fused-ring (bicyclic) bond motifs is 1. The number of carbonyl (C=O) groups is 1. The average Bonchev–Trinajstić information content (AvgIpc) is 3.21. The predicted molar refractivity (Wildman–Crippen MR) is 93.1 cm³/mol. The first-order chi connectivity index (χ1) is 14.6. The molecule has 2 aliphatic heterocycles. The Morgan fingerprint density at radius 2 is 1.87 bits per heavy atom. The first-order valence-electron chi connectivity index (χ1n) is 9.53. The van der Waals surface area contributed by atoms with Gasteiger partial charge in [-0.05, 0) is 18.9 Å². The fourth-order valence-corrected chi connectivity index (χ4v) is 3.95. The molecule has 0 aromatic carbocycles. The minimum atomic E-state index is -5.01. The second kappa shape index (κ2) is 7.68. The largest absolute Gasteiger partial charge is 0.436 e. The molecule has 13 heteroatoms. The number of aryl methyl sites for hydroxylation is 1. The van der Waals surface area contributed by atoms with Crippen LogP contribution in [0.3, 0.4) is 0 Å². The van der Waals surface area contributed by atoms with Crippen LogP contribution in [0.15, 0.2) is 17.1 Å². The number of halogens is 6. The molecule has 2 aromatic rings. The van der Waals surface area contributed by atoms with E-state index >= 15 is 0 Å². The van der Waals surface area contributed by atoms with Gasteiger partial charge in [0.05, 0.1) is 19.6 Å². The molecule has 0 radical (unpaired) electrons. The van der Waals surface area contributed by atoms with Crippen molar-refractivity contribution in [1.82, 2.24) is 24.2 Å². The average molecular weight is 449 g/mol. The van der Waals surface area contributed by atoms with Gasteiger partial charge in [-0.1, -0.05) is 0 Å². The lowest BCUT2D eigenvalue weighted by Crippen LogP contribution is -2.42. The van der Waals surface area contributed by atoms with Crippen LogP contribution in [-0.2, 0) is 23.9 Å². The van der Waals surface area contributed by atoms with Crippen LogP contribution in [0.4, 0.5) is 26.3 Å². The molecule has 168 valence electrons. The van der Waals surface area contributed by atoms with Crippen molar-refractivity contribution in [2.45, 2.75) is 50.4 Å². The van der Waals surface area contributed by atoms with E-state index in [0.717, 1.165) is 26.4 Å². The number of likely N-dealkylation sites (tertiary alicyclic amines) is 1. The Morgan fingerprint density at radius 3 is 2.52 bits per heavy atom. The lowest BCUT2D eigenvalue weighted by Gasteiger charge is -2.26. The first kappa shape index (κ1) is 21.4. The quantitative estimate of drug-likeness (QED) is 0.673. The molecule has 0 saturated carbocycles. The molecule has 1 fully saturated rings. The van der Waals surface area contributed by atoms with Gasteiger partial charge in [-0.25, -0.2) is 27.6 Å². The summed E-state index contributed by atoms with van der Waals surface area (Å²) in [6.45, 7) is -1.44. The van der Waals surface area contributed by atoms with Crippen molar-refractivity contribution in [3.8, 4) is 0 Å². The van der Waals surface area contributed by atoms with Crippen LogP contribution in [0.5, 0.6) is 0 Å². The third-order valence-corrected chi connectivity index (χ3v) is 5.47. The topological polar surface area (TPSA) is 73.0 Å². The number of aromatic nitrogens is 4. The van der Waals surface area contributed by atoms with Crippen molar-refractivity contribution in [3.63, 3.8) is 0 Å². The molecule has 1 saturated heterocycles. The first-order valence-corrected chi connectivity index (χ1v) is 9.53. The van der Waals surface area contributed by atoms with Gasteiger partial charge >= 0.3 is 11.9 Å². The molecule has 1 amide bonds. The van der Waals surface area contributed by atoms with Crippen LogP contribution in [0, 0.1) is 5.82 Å². The van der Waals surface area contributed by atoms with E-state index in [4.69, 9.17) is 0 Å². The highest BCUT2D eigenvalue weighted by atomic mass is 19.4. The fraction of sp³-hybridized carbons (Fsp3) is 0.556. The van der Waals surface area contributed by atoms with Gasteiger partial charge in [0.2, 0.25) is 5.91 Å². The van der Waals surface area contributed by atoms with Crippen molar-refractivity contribution >= 4 is 5.91 Å². The number of carbonyl (C=O) groups excluding carboxylic acids is 1.